The van der Waals surface area contributed by atoms with Gasteiger partial charge >= 0.3 is 0 Å². The zero-order valence-electron chi connectivity index (χ0n) is 13.2. The zero-order valence-corrected chi connectivity index (χ0v) is 13.2. The first-order valence-corrected chi connectivity index (χ1v) is 8.32. The minimum Gasteiger partial charge on any atom is -0.312 e. The molecule has 1 unspecified atom stereocenters. The van der Waals surface area contributed by atoms with Crippen LogP contribution in [0.15, 0.2) is 0 Å². The maximum absolute atomic E-state index is 3.63. The summed E-state index contributed by atoms with van der Waals surface area (Å²) in [6, 6.07) is 0.814. The lowest BCUT2D eigenvalue weighted by atomic mass is 9.88. The number of hydrogen-bond donors (Lipinski definition) is 1. The van der Waals surface area contributed by atoms with E-state index < -0.39 is 0 Å². The van der Waals surface area contributed by atoms with Gasteiger partial charge in [-0.2, -0.15) is 0 Å². The van der Waals surface area contributed by atoms with Crippen LogP contribution in [0.1, 0.15) is 52.9 Å². The van der Waals surface area contributed by atoms with Crippen molar-refractivity contribution in [3.8, 4) is 0 Å². The number of unbranched alkanes of at least 4 members (excludes halogenated alkanes) is 2. The van der Waals surface area contributed by atoms with Crippen LogP contribution in [0.4, 0.5) is 0 Å². The fourth-order valence-corrected chi connectivity index (χ4v) is 3.59. The van der Waals surface area contributed by atoms with Crippen molar-refractivity contribution in [1.29, 1.82) is 0 Å². The molecular formula is C16H33N3. The van der Waals surface area contributed by atoms with Crippen molar-refractivity contribution in [2.45, 2.75) is 64.5 Å². The van der Waals surface area contributed by atoms with Crippen molar-refractivity contribution in [3.63, 3.8) is 0 Å². The molecule has 2 fully saturated rings. The van der Waals surface area contributed by atoms with Gasteiger partial charge in [-0.05, 0) is 46.2 Å². The van der Waals surface area contributed by atoms with E-state index in [2.05, 4.69) is 35.9 Å². The molecule has 0 spiro atoms. The molecule has 2 rings (SSSR count). The van der Waals surface area contributed by atoms with E-state index >= 15 is 0 Å². The molecule has 0 saturated carbocycles. The van der Waals surface area contributed by atoms with E-state index in [1.807, 2.05) is 0 Å². The molecule has 1 atom stereocenters. The van der Waals surface area contributed by atoms with Crippen LogP contribution in [0, 0.1) is 0 Å². The standard InChI is InChI=1S/C16H33N3/c1-4-5-6-9-18-10-12-19(13-11-18)15-7-8-17-16(2,3)14-15/h15,17H,4-14H2,1-3H3. The number of hydrogen-bond acceptors (Lipinski definition) is 3. The molecule has 0 radical (unpaired) electrons. The SMILES string of the molecule is CCCCCN1CCN(C2CCNC(C)(C)C2)CC1. The molecule has 0 aromatic rings. The van der Waals surface area contributed by atoms with Crippen LogP contribution in [-0.4, -0.2) is 60.6 Å². The van der Waals surface area contributed by atoms with Gasteiger partial charge in [0.1, 0.15) is 0 Å². The quantitative estimate of drug-likeness (QED) is 0.771. The third-order valence-corrected chi connectivity index (χ3v) is 4.83. The van der Waals surface area contributed by atoms with Crippen LogP contribution in [0.3, 0.4) is 0 Å². The molecule has 3 heteroatoms. The molecule has 2 saturated heterocycles. The van der Waals surface area contributed by atoms with Crippen LogP contribution in [0.25, 0.3) is 0 Å². The predicted molar refractivity (Wildman–Crippen MR) is 82.6 cm³/mol. The van der Waals surface area contributed by atoms with E-state index in [4.69, 9.17) is 0 Å². The Kier molecular flexibility index (Phi) is 5.67. The highest BCUT2D eigenvalue weighted by atomic mass is 15.3. The van der Waals surface area contributed by atoms with Crippen LogP contribution in [0.2, 0.25) is 0 Å². The van der Waals surface area contributed by atoms with Gasteiger partial charge in [0, 0.05) is 37.8 Å². The molecule has 0 aromatic carbocycles. The first-order valence-electron chi connectivity index (χ1n) is 8.32. The van der Waals surface area contributed by atoms with Gasteiger partial charge in [-0.1, -0.05) is 19.8 Å². The molecule has 2 aliphatic rings. The van der Waals surface area contributed by atoms with E-state index in [9.17, 15) is 0 Å². The van der Waals surface area contributed by atoms with Gasteiger partial charge in [0.15, 0.2) is 0 Å². The maximum atomic E-state index is 3.63. The smallest absolute Gasteiger partial charge is 0.0140 e. The van der Waals surface area contributed by atoms with Crippen molar-refractivity contribution in [2.75, 3.05) is 39.3 Å². The molecule has 2 heterocycles. The number of piperidine rings is 1. The highest BCUT2D eigenvalue weighted by Gasteiger charge is 2.32. The van der Waals surface area contributed by atoms with Gasteiger partial charge in [0.2, 0.25) is 0 Å². The van der Waals surface area contributed by atoms with Gasteiger partial charge in [-0.3, -0.25) is 4.90 Å². The number of piperazine rings is 1. The average molecular weight is 267 g/mol. The lowest BCUT2D eigenvalue weighted by Gasteiger charge is -2.45. The second kappa shape index (κ2) is 7.05. The first-order chi connectivity index (χ1) is 9.11. The van der Waals surface area contributed by atoms with Crippen molar-refractivity contribution >= 4 is 0 Å². The molecular weight excluding hydrogens is 234 g/mol. The van der Waals surface area contributed by atoms with Gasteiger partial charge in [-0.15, -0.1) is 0 Å². The molecule has 3 nitrogen and oxygen atoms in total. The Balaban J connectivity index is 1.70. The lowest BCUT2D eigenvalue weighted by molar-refractivity contribution is 0.0618. The van der Waals surface area contributed by atoms with Crippen molar-refractivity contribution in [2.24, 2.45) is 0 Å². The predicted octanol–water partition coefficient (Wildman–Crippen LogP) is 2.32. The second-order valence-electron chi connectivity index (χ2n) is 7.04. The highest BCUT2D eigenvalue weighted by molar-refractivity contribution is 4.91. The second-order valence-corrected chi connectivity index (χ2v) is 7.04. The molecule has 112 valence electrons. The summed E-state index contributed by atoms with van der Waals surface area (Å²) in [5.74, 6) is 0. The third kappa shape index (κ3) is 4.73. The van der Waals surface area contributed by atoms with Crippen LogP contribution in [-0.2, 0) is 0 Å². The summed E-state index contributed by atoms with van der Waals surface area (Å²) < 4.78 is 0. The van der Waals surface area contributed by atoms with Gasteiger partial charge in [-0.25, -0.2) is 0 Å². The number of nitrogens with one attached hydrogen (secondary N) is 1. The summed E-state index contributed by atoms with van der Waals surface area (Å²) >= 11 is 0. The normalized spacial score (nSPS) is 29.5. The molecule has 1 N–H and O–H groups in total. The first kappa shape index (κ1) is 15.3. The van der Waals surface area contributed by atoms with E-state index in [-0.39, 0.29) is 0 Å². The lowest BCUT2D eigenvalue weighted by Crippen LogP contribution is -2.57. The molecule has 0 aromatic heterocycles. The Labute approximate surface area is 119 Å². The highest BCUT2D eigenvalue weighted by Crippen LogP contribution is 2.23. The number of rotatable bonds is 5. The Hall–Kier alpha value is -0.120. The minimum atomic E-state index is 0.335. The fourth-order valence-electron chi connectivity index (χ4n) is 3.59. The van der Waals surface area contributed by atoms with E-state index in [0.29, 0.717) is 5.54 Å². The van der Waals surface area contributed by atoms with Crippen LogP contribution >= 0.6 is 0 Å². The molecule has 0 aliphatic carbocycles. The summed E-state index contributed by atoms with van der Waals surface area (Å²) in [6.45, 7) is 14.6. The third-order valence-electron chi connectivity index (χ3n) is 4.83. The van der Waals surface area contributed by atoms with Crippen LogP contribution < -0.4 is 5.32 Å². The summed E-state index contributed by atoms with van der Waals surface area (Å²) in [6.07, 6.45) is 6.76. The summed E-state index contributed by atoms with van der Waals surface area (Å²) in [5, 5.41) is 3.63. The van der Waals surface area contributed by atoms with E-state index in [0.717, 1.165) is 6.04 Å². The van der Waals surface area contributed by atoms with Gasteiger partial charge in [0.05, 0.1) is 0 Å². The molecule has 2 aliphatic heterocycles. The number of nitrogens with zero attached hydrogens (tertiary/aromatic N) is 2. The molecule has 0 bridgehead atoms. The van der Waals surface area contributed by atoms with Crippen molar-refractivity contribution in [1.82, 2.24) is 15.1 Å². The average Bonchev–Trinajstić information content (AvgIpc) is 2.39. The fraction of sp³-hybridized carbons (Fsp3) is 1.00. The van der Waals surface area contributed by atoms with E-state index in [1.54, 1.807) is 0 Å². The van der Waals surface area contributed by atoms with Gasteiger partial charge in [0.25, 0.3) is 0 Å². The Morgan fingerprint density at radius 1 is 1.11 bits per heavy atom. The monoisotopic (exact) mass is 267 g/mol. The van der Waals surface area contributed by atoms with Crippen molar-refractivity contribution in [3.05, 3.63) is 0 Å². The largest absolute Gasteiger partial charge is 0.312 e. The summed E-state index contributed by atoms with van der Waals surface area (Å²) in [5.41, 5.74) is 0.335. The molecule has 0 amide bonds. The topological polar surface area (TPSA) is 18.5 Å². The van der Waals surface area contributed by atoms with Crippen LogP contribution in [0.5, 0.6) is 0 Å². The maximum Gasteiger partial charge on any atom is 0.0140 e. The minimum absolute atomic E-state index is 0.335. The molecule has 19 heavy (non-hydrogen) atoms. The van der Waals surface area contributed by atoms with E-state index in [1.165, 1.54) is 71.4 Å². The summed E-state index contributed by atoms with van der Waals surface area (Å²) in [4.78, 5) is 5.41. The Morgan fingerprint density at radius 2 is 1.84 bits per heavy atom. The van der Waals surface area contributed by atoms with Crippen molar-refractivity contribution < 1.29 is 0 Å². The Morgan fingerprint density at radius 3 is 2.47 bits per heavy atom. The summed E-state index contributed by atoms with van der Waals surface area (Å²) in [7, 11) is 0. The zero-order chi connectivity index (χ0) is 13.7. The Bertz CT molecular complexity index is 257. The van der Waals surface area contributed by atoms with Gasteiger partial charge < -0.3 is 10.2 Å².